The fourth-order valence-corrected chi connectivity index (χ4v) is 3.15. The number of nitrogens with two attached hydrogens (primary N) is 1. The number of benzene rings is 1. The van der Waals surface area contributed by atoms with Crippen molar-refractivity contribution >= 4 is 35.1 Å². The number of hydrogen-bond acceptors (Lipinski definition) is 2. The van der Waals surface area contributed by atoms with Gasteiger partial charge in [0, 0.05) is 29.1 Å². The molecule has 0 aromatic heterocycles. The Kier molecular flexibility index (Phi) is 5.53. The summed E-state index contributed by atoms with van der Waals surface area (Å²) in [5.41, 5.74) is 6.10. The van der Waals surface area contributed by atoms with Crippen molar-refractivity contribution in [2.24, 2.45) is 11.7 Å². The SMILES string of the molecule is C[C@H](NC(=O)N1CCC(C(N)=O)CC1)c1ccc(Cl)cc1Cl. The number of primary amides is 1. The lowest BCUT2D eigenvalue weighted by atomic mass is 9.96. The number of urea groups is 1. The zero-order valence-corrected chi connectivity index (χ0v) is 13.8. The first-order chi connectivity index (χ1) is 10.4. The number of piperidine rings is 1. The fraction of sp³-hybridized carbons (Fsp3) is 0.467. The van der Waals surface area contributed by atoms with Crippen LogP contribution >= 0.6 is 23.2 Å². The predicted octanol–water partition coefficient (Wildman–Crippen LogP) is 2.96. The molecule has 0 spiro atoms. The van der Waals surface area contributed by atoms with Gasteiger partial charge in [0.05, 0.1) is 6.04 Å². The predicted molar refractivity (Wildman–Crippen MR) is 86.9 cm³/mol. The first-order valence-corrected chi connectivity index (χ1v) is 7.93. The summed E-state index contributed by atoms with van der Waals surface area (Å²) in [6.45, 7) is 2.92. The van der Waals surface area contributed by atoms with Gasteiger partial charge in [0.15, 0.2) is 0 Å². The number of hydrogen-bond donors (Lipinski definition) is 2. The molecule has 3 N–H and O–H groups in total. The Hall–Kier alpha value is -1.46. The molecule has 1 atom stereocenters. The second-order valence-electron chi connectivity index (χ2n) is 5.50. The molecule has 1 fully saturated rings. The number of carbonyl (C=O) groups excluding carboxylic acids is 2. The highest BCUT2D eigenvalue weighted by Gasteiger charge is 2.26. The molecule has 0 unspecified atom stereocenters. The molecule has 0 bridgehead atoms. The molecule has 1 aromatic carbocycles. The molecule has 3 amide bonds. The Labute approximate surface area is 139 Å². The van der Waals surface area contributed by atoms with E-state index in [1.54, 1.807) is 23.1 Å². The van der Waals surface area contributed by atoms with Gasteiger partial charge in [0.2, 0.25) is 5.91 Å². The van der Waals surface area contributed by atoms with Crippen molar-refractivity contribution in [1.82, 2.24) is 10.2 Å². The van der Waals surface area contributed by atoms with Gasteiger partial charge in [-0.1, -0.05) is 29.3 Å². The molecule has 1 aliphatic heterocycles. The van der Waals surface area contributed by atoms with E-state index in [4.69, 9.17) is 28.9 Å². The van der Waals surface area contributed by atoms with E-state index in [2.05, 4.69) is 5.32 Å². The molecule has 1 aromatic rings. The minimum Gasteiger partial charge on any atom is -0.369 e. The first-order valence-electron chi connectivity index (χ1n) is 7.18. The number of likely N-dealkylation sites (tertiary alicyclic amines) is 1. The summed E-state index contributed by atoms with van der Waals surface area (Å²) >= 11 is 12.0. The third-order valence-electron chi connectivity index (χ3n) is 3.95. The Morgan fingerprint density at radius 2 is 1.95 bits per heavy atom. The summed E-state index contributed by atoms with van der Waals surface area (Å²) in [5, 5.41) is 3.99. The fourth-order valence-electron chi connectivity index (χ4n) is 2.57. The summed E-state index contributed by atoms with van der Waals surface area (Å²) in [7, 11) is 0. The maximum Gasteiger partial charge on any atom is 0.317 e. The Balaban J connectivity index is 1.93. The van der Waals surface area contributed by atoms with Crippen LogP contribution in [-0.2, 0) is 4.79 Å². The van der Waals surface area contributed by atoms with Crippen molar-refractivity contribution in [2.45, 2.75) is 25.8 Å². The van der Waals surface area contributed by atoms with Crippen molar-refractivity contribution in [2.75, 3.05) is 13.1 Å². The van der Waals surface area contributed by atoms with E-state index in [1.165, 1.54) is 0 Å². The van der Waals surface area contributed by atoms with Crippen LogP contribution in [-0.4, -0.2) is 29.9 Å². The lowest BCUT2D eigenvalue weighted by Gasteiger charge is -2.31. The zero-order chi connectivity index (χ0) is 16.3. The van der Waals surface area contributed by atoms with Crippen LogP contribution in [0, 0.1) is 5.92 Å². The highest BCUT2D eigenvalue weighted by Crippen LogP contribution is 2.26. The van der Waals surface area contributed by atoms with Gasteiger partial charge >= 0.3 is 6.03 Å². The molecular formula is C15H19Cl2N3O2. The first kappa shape index (κ1) is 16.9. The standard InChI is InChI=1S/C15H19Cl2N3O2/c1-9(12-3-2-11(16)8-13(12)17)19-15(22)20-6-4-10(5-7-20)14(18)21/h2-3,8-10H,4-7H2,1H3,(H2,18,21)(H,19,22)/t9-/m0/s1. The van der Waals surface area contributed by atoms with Gasteiger partial charge in [-0.2, -0.15) is 0 Å². The van der Waals surface area contributed by atoms with E-state index >= 15 is 0 Å². The largest absolute Gasteiger partial charge is 0.369 e. The van der Waals surface area contributed by atoms with Crippen LogP contribution in [0.2, 0.25) is 10.0 Å². The van der Waals surface area contributed by atoms with Crippen molar-refractivity contribution in [3.63, 3.8) is 0 Å². The smallest absolute Gasteiger partial charge is 0.317 e. The van der Waals surface area contributed by atoms with Gasteiger partial charge in [-0.25, -0.2) is 4.79 Å². The van der Waals surface area contributed by atoms with Crippen molar-refractivity contribution in [3.05, 3.63) is 33.8 Å². The third-order valence-corrected chi connectivity index (χ3v) is 4.52. The number of halogens is 2. The lowest BCUT2D eigenvalue weighted by Crippen LogP contribution is -2.46. The van der Waals surface area contributed by atoms with Crippen molar-refractivity contribution in [1.29, 1.82) is 0 Å². The van der Waals surface area contributed by atoms with Crippen LogP contribution in [0.25, 0.3) is 0 Å². The summed E-state index contributed by atoms with van der Waals surface area (Å²) in [6.07, 6.45) is 1.22. The molecule has 0 aliphatic carbocycles. The lowest BCUT2D eigenvalue weighted by molar-refractivity contribution is -0.123. The summed E-state index contributed by atoms with van der Waals surface area (Å²) in [5.74, 6) is -0.423. The molecule has 0 radical (unpaired) electrons. The normalized spacial score (nSPS) is 17.1. The van der Waals surface area contributed by atoms with E-state index in [9.17, 15) is 9.59 Å². The van der Waals surface area contributed by atoms with E-state index in [1.807, 2.05) is 6.92 Å². The molecule has 5 nitrogen and oxygen atoms in total. The van der Waals surface area contributed by atoms with E-state index < -0.39 is 0 Å². The molecule has 7 heteroatoms. The van der Waals surface area contributed by atoms with Gasteiger partial charge in [0.25, 0.3) is 0 Å². The van der Waals surface area contributed by atoms with E-state index in [-0.39, 0.29) is 23.9 Å². The number of nitrogens with zero attached hydrogens (tertiary/aromatic N) is 1. The van der Waals surface area contributed by atoms with Crippen LogP contribution in [0.4, 0.5) is 4.79 Å². The number of nitrogens with one attached hydrogen (secondary N) is 1. The molecule has 0 saturated carbocycles. The molecule has 120 valence electrons. The molecule has 1 aliphatic rings. The highest BCUT2D eigenvalue weighted by atomic mass is 35.5. The van der Waals surface area contributed by atoms with Gasteiger partial charge in [0.1, 0.15) is 0 Å². The van der Waals surface area contributed by atoms with Crippen LogP contribution in [0.15, 0.2) is 18.2 Å². The summed E-state index contributed by atoms with van der Waals surface area (Å²) in [4.78, 5) is 25.1. The van der Waals surface area contributed by atoms with Crippen LogP contribution < -0.4 is 11.1 Å². The van der Waals surface area contributed by atoms with E-state index in [0.29, 0.717) is 36.0 Å². The van der Waals surface area contributed by atoms with Gasteiger partial charge < -0.3 is 16.0 Å². The maximum absolute atomic E-state index is 12.3. The maximum atomic E-state index is 12.3. The Morgan fingerprint density at radius 3 is 2.50 bits per heavy atom. The monoisotopic (exact) mass is 343 g/mol. The average molecular weight is 344 g/mol. The molecule has 1 saturated heterocycles. The number of rotatable bonds is 3. The van der Waals surface area contributed by atoms with Crippen LogP contribution in [0.1, 0.15) is 31.4 Å². The van der Waals surface area contributed by atoms with Crippen molar-refractivity contribution in [3.8, 4) is 0 Å². The van der Waals surface area contributed by atoms with Crippen molar-refractivity contribution < 1.29 is 9.59 Å². The minimum absolute atomic E-state index is 0.132. The summed E-state index contributed by atoms with van der Waals surface area (Å²) in [6, 6.07) is 4.80. The summed E-state index contributed by atoms with van der Waals surface area (Å²) < 4.78 is 0. The minimum atomic E-state index is -0.290. The Morgan fingerprint density at radius 1 is 1.32 bits per heavy atom. The Bertz CT molecular complexity index is 572. The quantitative estimate of drug-likeness (QED) is 0.885. The number of amides is 3. The topological polar surface area (TPSA) is 75.4 Å². The van der Waals surface area contributed by atoms with Gasteiger partial charge in [-0.05, 0) is 37.5 Å². The molecule has 22 heavy (non-hydrogen) atoms. The second kappa shape index (κ2) is 7.20. The van der Waals surface area contributed by atoms with Crippen LogP contribution in [0.5, 0.6) is 0 Å². The third kappa shape index (κ3) is 4.05. The molecule has 2 rings (SSSR count). The molecular weight excluding hydrogens is 325 g/mol. The second-order valence-corrected chi connectivity index (χ2v) is 6.34. The van der Waals surface area contributed by atoms with Gasteiger partial charge in [-0.3, -0.25) is 4.79 Å². The number of carbonyl (C=O) groups is 2. The van der Waals surface area contributed by atoms with E-state index in [0.717, 1.165) is 5.56 Å². The van der Waals surface area contributed by atoms with Gasteiger partial charge in [-0.15, -0.1) is 0 Å². The highest BCUT2D eigenvalue weighted by molar-refractivity contribution is 6.35. The van der Waals surface area contributed by atoms with Crippen LogP contribution in [0.3, 0.4) is 0 Å². The zero-order valence-electron chi connectivity index (χ0n) is 12.3. The average Bonchev–Trinajstić information content (AvgIpc) is 2.47. The molecule has 1 heterocycles.